The van der Waals surface area contributed by atoms with Gasteiger partial charge in [0.05, 0.1) is 6.61 Å². The van der Waals surface area contributed by atoms with Gasteiger partial charge in [-0.15, -0.1) is 0 Å². The Kier molecular flexibility index (Phi) is 11.3. The molecule has 0 saturated heterocycles. The lowest BCUT2D eigenvalue weighted by atomic mass is 10.00. The maximum Gasteiger partial charge on any atom is 0.326 e. The van der Waals surface area contributed by atoms with Crippen LogP contribution in [0.4, 0.5) is 11.4 Å². The molecule has 0 aliphatic carbocycles. The third-order valence-electron chi connectivity index (χ3n) is 7.28. The van der Waals surface area contributed by atoms with E-state index in [0.717, 1.165) is 16.8 Å². The van der Waals surface area contributed by atoms with Crippen LogP contribution in [-0.2, 0) is 16.0 Å². The van der Waals surface area contributed by atoms with Gasteiger partial charge >= 0.3 is 5.97 Å². The fourth-order valence-electron chi connectivity index (χ4n) is 5.02. The normalized spacial score (nSPS) is 11.5. The maximum atomic E-state index is 13.1. The molecule has 0 heterocycles. The van der Waals surface area contributed by atoms with Gasteiger partial charge in [-0.25, -0.2) is 4.79 Å². The first-order chi connectivity index (χ1) is 21.2. The number of carbonyl (C=O) groups is 3. The average molecular weight is 593 g/mol. The maximum absolute atomic E-state index is 13.1. The van der Waals surface area contributed by atoms with Gasteiger partial charge < -0.3 is 20.1 Å². The lowest BCUT2D eigenvalue weighted by Gasteiger charge is -2.25. The first kappa shape index (κ1) is 32.0. The predicted molar refractivity (Wildman–Crippen MR) is 175 cm³/mol. The van der Waals surface area contributed by atoms with E-state index >= 15 is 0 Å². The third-order valence-corrected chi connectivity index (χ3v) is 7.28. The zero-order chi connectivity index (χ0) is 31.5. The van der Waals surface area contributed by atoms with Gasteiger partial charge in [-0.3, -0.25) is 9.59 Å². The molecule has 0 aromatic heterocycles. The molecule has 1 atom stereocenters. The second-order valence-corrected chi connectivity index (χ2v) is 11.3. The molecule has 228 valence electrons. The lowest BCUT2D eigenvalue weighted by molar-refractivity contribution is -0.137. The molecule has 2 N–H and O–H groups in total. The average Bonchev–Trinajstić information content (AvgIpc) is 3.02. The second kappa shape index (κ2) is 15.5. The molecular formula is C37H40N2O5. The Morgan fingerprint density at radius 1 is 0.841 bits per heavy atom. The van der Waals surface area contributed by atoms with Gasteiger partial charge in [0.2, 0.25) is 5.91 Å². The van der Waals surface area contributed by atoms with Crippen molar-refractivity contribution in [2.75, 3.05) is 23.4 Å². The number of anilines is 2. The Labute approximate surface area is 259 Å². The van der Waals surface area contributed by atoms with E-state index in [0.29, 0.717) is 48.6 Å². The Hall–Kier alpha value is -4.91. The fourth-order valence-corrected chi connectivity index (χ4v) is 5.02. The summed E-state index contributed by atoms with van der Waals surface area (Å²) in [5.74, 6) is -0.148. The van der Waals surface area contributed by atoms with E-state index in [1.54, 1.807) is 48.5 Å². The number of carbonyl (C=O) groups excluding carboxylic acids is 2. The van der Waals surface area contributed by atoms with E-state index in [-0.39, 0.29) is 24.0 Å². The summed E-state index contributed by atoms with van der Waals surface area (Å²) in [6.07, 6.45) is 1.36. The highest BCUT2D eigenvalue weighted by atomic mass is 16.5. The Bertz CT molecular complexity index is 1550. The van der Waals surface area contributed by atoms with Gasteiger partial charge in [0.25, 0.3) is 0 Å². The van der Waals surface area contributed by atoms with Gasteiger partial charge in [0.1, 0.15) is 11.8 Å². The van der Waals surface area contributed by atoms with E-state index in [9.17, 15) is 19.5 Å². The van der Waals surface area contributed by atoms with Gasteiger partial charge in [-0.05, 0) is 60.7 Å². The van der Waals surface area contributed by atoms with Crippen molar-refractivity contribution >= 4 is 29.0 Å². The van der Waals surface area contributed by atoms with Gasteiger partial charge in [-0.1, -0.05) is 86.6 Å². The largest absolute Gasteiger partial charge is 0.494 e. The molecule has 44 heavy (non-hydrogen) atoms. The summed E-state index contributed by atoms with van der Waals surface area (Å²) in [6, 6.07) is 30.2. The van der Waals surface area contributed by atoms with Crippen LogP contribution in [0.5, 0.6) is 5.75 Å². The van der Waals surface area contributed by atoms with Crippen LogP contribution in [0, 0.1) is 12.8 Å². The molecule has 7 heteroatoms. The quantitative estimate of drug-likeness (QED) is 0.112. The molecule has 4 aromatic rings. The number of ether oxygens (including phenoxy) is 1. The topological polar surface area (TPSA) is 95.9 Å². The Morgan fingerprint density at radius 2 is 1.50 bits per heavy atom. The number of aliphatic carboxylic acids is 1. The van der Waals surface area contributed by atoms with Gasteiger partial charge in [0.15, 0.2) is 5.78 Å². The van der Waals surface area contributed by atoms with Gasteiger partial charge in [0, 0.05) is 41.9 Å². The molecule has 0 unspecified atom stereocenters. The number of carboxylic acids is 1. The standard InChI is InChI=1S/C37H40N2O5/c1-26(2)24-35(40)39(34-17-10-7-12-27(34)3)22-11-23-44-30-20-18-28(19-21-30)25-33(37(42)43)38-32-16-9-8-15-31(32)36(41)29-13-5-4-6-14-29/h4-10,12-21,26,33,38H,11,22-25H2,1-3H3,(H,42,43)/t33-/m0/s1. The highest BCUT2D eigenvalue weighted by molar-refractivity contribution is 6.12. The van der Waals surface area contributed by atoms with Crippen molar-refractivity contribution in [3.05, 3.63) is 125 Å². The highest BCUT2D eigenvalue weighted by Crippen LogP contribution is 2.24. The van der Waals surface area contributed by atoms with Crippen molar-refractivity contribution in [3.63, 3.8) is 0 Å². The highest BCUT2D eigenvalue weighted by Gasteiger charge is 2.22. The molecule has 0 fully saturated rings. The third kappa shape index (κ3) is 8.80. The molecule has 7 nitrogen and oxygen atoms in total. The number of nitrogens with one attached hydrogen (secondary N) is 1. The molecule has 1 amide bonds. The lowest BCUT2D eigenvalue weighted by Crippen LogP contribution is -2.34. The summed E-state index contributed by atoms with van der Waals surface area (Å²) in [7, 11) is 0. The minimum absolute atomic E-state index is 0.104. The first-order valence-corrected chi connectivity index (χ1v) is 15.0. The minimum Gasteiger partial charge on any atom is -0.494 e. The molecule has 0 aliphatic rings. The van der Waals surface area contributed by atoms with Crippen molar-refractivity contribution < 1.29 is 24.2 Å². The summed E-state index contributed by atoms with van der Waals surface area (Å²) in [5, 5.41) is 13.0. The van der Waals surface area contributed by atoms with Crippen molar-refractivity contribution in [2.45, 2.75) is 46.1 Å². The van der Waals surface area contributed by atoms with E-state index in [4.69, 9.17) is 4.74 Å². The summed E-state index contributed by atoms with van der Waals surface area (Å²) in [4.78, 5) is 40.1. The summed E-state index contributed by atoms with van der Waals surface area (Å²) < 4.78 is 5.96. The van der Waals surface area contributed by atoms with Crippen molar-refractivity contribution in [1.29, 1.82) is 0 Å². The Morgan fingerprint density at radius 3 is 2.18 bits per heavy atom. The Balaban J connectivity index is 1.35. The SMILES string of the molecule is Cc1ccccc1N(CCCOc1ccc(C[C@H](Nc2ccccc2C(=O)c2ccccc2)C(=O)O)cc1)C(=O)CC(C)C. The summed E-state index contributed by atoms with van der Waals surface area (Å²) in [6.45, 7) is 7.08. The molecule has 0 spiro atoms. The van der Waals surface area contributed by atoms with Crippen molar-refractivity contribution in [1.82, 2.24) is 0 Å². The molecule has 0 radical (unpaired) electrons. The number of amides is 1. The molecular weight excluding hydrogens is 552 g/mol. The monoisotopic (exact) mass is 592 g/mol. The fraction of sp³-hybridized carbons (Fsp3) is 0.270. The first-order valence-electron chi connectivity index (χ1n) is 15.0. The second-order valence-electron chi connectivity index (χ2n) is 11.3. The van der Waals surface area contributed by atoms with Crippen molar-refractivity contribution in [3.8, 4) is 5.75 Å². The number of ketones is 1. The van der Waals surface area contributed by atoms with Crippen LogP contribution in [0.15, 0.2) is 103 Å². The molecule has 4 rings (SSSR count). The van der Waals surface area contributed by atoms with Crippen LogP contribution in [-0.4, -0.2) is 42.0 Å². The number of rotatable bonds is 15. The summed E-state index contributed by atoms with van der Waals surface area (Å²) in [5.41, 5.74) is 4.22. The van der Waals surface area contributed by atoms with Crippen LogP contribution in [0.2, 0.25) is 0 Å². The van der Waals surface area contributed by atoms with E-state index in [1.165, 1.54) is 0 Å². The number of carboxylic acid groups (broad SMARTS) is 1. The molecule has 0 saturated carbocycles. The number of para-hydroxylation sites is 2. The van der Waals surface area contributed by atoms with Crippen LogP contribution in [0.3, 0.4) is 0 Å². The zero-order valence-corrected chi connectivity index (χ0v) is 25.5. The number of benzene rings is 4. The van der Waals surface area contributed by atoms with E-state index in [2.05, 4.69) is 5.32 Å². The predicted octanol–water partition coefficient (Wildman–Crippen LogP) is 7.18. The van der Waals surface area contributed by atoms with Gasteiger partial charge in [-0.2, -0.15) is 0 Å². The molecule has 0 bridgehead atoms. The van der Waals surface area contributed by atoms with Crippen LogP contribution in [0.1, 0.15) is 53.7 Å². The van der Waals surface area contributed by atoms with E-state index in [1.807, 2.05) is 80.3 Å². The smallest absolute Gasteiger partial charge is 0.326 e. The molecule has 4 aromatic carbocycles. The molecule has 0 aliphatic heterocycles. The number of hydrogen-bond donors (Lipinski definition) is 2. The summed E-state index contributed by atoms with van der Waals surface area (Å²) >= 11 is 0. The van der Waals surface area contributed by atoms with Crippen LogP contribution >= 0.6 is 0 Å². The number of hydrogen-bond acceptors (Lipinski definition) is 5. The van der Waals surface area contributed by atoms with Crippen LogP contribution in [0.25, 0.3) is 0 Å². The van der Waals surface area contributed by atoms with Crippen molar-refractivity contribution in [2.24, 2.45) is 5.92 Å². The van der Waals surface area contributed by atoms with E-state index < -0.39 is 12.0 Å². The number of aryl methyl sites for hydroxylation is 1. The van der Waals surface area contributed by atoms with Crippen LogP contribution < -0.4 is 15.0 Å². The zero-order valence-electron chi connectivity index (χ0n) is 25.5. The number of nitrogens with zero attached hydrogens (tertiary/aromatic N) is 1. The minimum atomic E-state index is -1.02.